The van der Waals surface area contributed by atoms with Crippen molar-refractivity contribution in [3.05, 3.63) is 51.7 Å². The van der Waals surface area contributed by atoms with Crippen molar-refractivity contribution >= 4 is 23.8 Å². The number of hydrogen-bond acceptors (Lipinski definition) is 6. The van der Waals surface area contributed by atoms with E-state index in [-0.39, 0.29) is 17.4 Å². The lowest BCUT2D eigenvalue weighted by Gasteiger charge is -2.18. The number of halogens is 4. The summed E-state index contributed by atoms with van der Waals surface area (Å²) in [5, 5.41) is 6.09. The minimum absolute atomic E-state index is 0.00852. The molecule has 1 unspecified atom stereocenters. The number of nitrogens with one attached hydrogen (secondary N) is 2. The van der Waals surface area contributed by atoms with Crippen LogP contribution in [0, 0.1) is 5.82 Å². The highest BCUT2D eigenvalue weighted by molar-refractivity contribution is 6.28. The third-order valence-corrected chi connectivity index (χ3v) is 5.00. The predicted octanol–water partition coefficient (Wildman–Crippen LogP) is 3.29. The van der Waals surface area contributed by atoms with Gasteiger partial charge in [0, 0.05) is 30.8 Å². The number of alkyl halides is 2. The molecule has 0 bridgehead atoms. The van der Waals surface area contributed by atoms with E-state index in [2.05, 4.69) is 27.5 Å². The molecule has 1 amide bonds. The van der Waals surface area contributed by atoms with Crippen molar-refractivity contribution in [2.45, 2.75) is 39.1 Å². The summed E-state index contributed by atoms with van der Waals surface area (Å²) in [5.41, 5.74) is 0.720. The minimum Gasteiger partial charge on any atom is -0.376 e. The van der Waals surface area contributed by atoms with E-state index in [0.717, 1.165) is 25.8 Å². The molecular formula is C20H23ClF3N5O2. The van der Waals surface area contributed by atoms with Gasteiger partial charge in [0.25, 0.3) is 6.43 Å². The van der Waals surface area contributed by atoms with Crippen molar-refractivity contribution in [1.29, 1.82) is 0 Å². The molecule has 1 saturated heterocycles. The van der Waals surface area contributed by atoms with Crippen LogP contribution in [0.5, 0.6) is 0 Å². The van der Waals surface area contributed by atoms with E-state index in [1.165, 1.54) is 17.0 Å². The summed E-state index contributed by atoms with van der Waals surface area (Å²) in [6.45, 7) is 5.55. The summed E-state index contributed by atoms with van der Waals surface area (Å²) in [6.07, 6.45) is -1.77. The van der Waals surface area contributed by atoms with Gasteiger partial charge in [-0.1, -0.05) is 18.2 Å². The van der Waals surface area contributed by atoms with Gasteiger partial charge < -0.3 is 20.3 Å². The number of morpholine rings is 1. The van der Waals surface area contributed by atoms with Gasteiger partial charge in [-0.2, -0.15) is 0 Å². The van der Waals surface area contributed by atoms with Gasteiger partial charge in [0.1, 0.15) is 11.6 Å². The molecule has 0 aliphatic carbocycles. The van der Waals surface area contributed by atoms with Crippen LogP contribution in [0.3, 0.4) is 0 Å². The molecule has 7 nitrogen and oxygen atoms in total. The van der Waals surface area contributed by atoms with Gasteiger partial charge >= 0.3 is 0 Å². The maximum atomic E-state index is 14.1. The summed E-state index contributed by atoms with van der Waals surface area (Å²) in [4.78, 5) is 20.5. The molecule has 2 aromatic rings. The van der Waals surface area contributed by atoms with Crippen LogP contribution >= 0.6 is 11.6 Å². The van der Waals surface area contributed by atoms with Crippen LogP contribution in [0.4, 0.5) is 19.0 Å². The molecular weight excluding hydrogens is 435 g/mol. The Morgan fingerprint density at radius 1 is 1.39 bits per heavy atom. The monoisotopic (exact) mass is 457 g/mol. The highest BCUT2D eigenvalue weighted by Gasteiger charge is 2.24. The maximum Gasteiger partial charge on any atom is 0.266 e. The van der Waals surface area contributed by atoms with E-state index in [1.807, 2.05) is 0 Å². The van der Waals surface area contributed by atoms with Crippen LogP contribution in [-0.2, 0) is 29.2 Å². The smallest absolute Gasteiger partial charge is 0.266 e. The van der Waals surface area contributed by atoms with Crippen molar-refractivity contribution in [2.24, 2.45) is 0 Å². The summed E-state index contributed by atoms with van der Waals surface area (Å²) in [7, 11) is 0. The van der Waals surface area contributed by atoms with Gasteiger partial charge in [-0.25, -0.2) is 23.1 Å². The van der Waals surface area contributed by atoms with Crippen molar-refractivity contribution < 1.29 is 22.7 Å². The van der Waals surface area contributed by atoms with Crippen LogP contribution in [0.25, 0.3) is 0 Å². The Kier molecular flexibility index (Phi) is 8.05. The summed E-state index contributed by atoms with van der Waals surface area (Å²) < 4.78 is 44.8. The number of anilines is 1. The molecule has 11 heteroatoms. The second-order valence-corrected chi connectivity index (χ2v) is 7.48. The average Bonchev–Trinajstić information content (AvgIpc) is 3.17. The molecule has 3 heterocycles. The van der Waals surface area contributed by atoms with Crippen LogP contribution in [0.15, 0.2) is 18.2 Å². The molecule has 1 aromatic carbocycles. The standard InChI is InChI=1S/C15H12ClF3N4O.C5H11NO/c16-15-21-11-6-23(7-24)5-10(11)14(22-15)20-4-8-2-1-3-9(12(8)17)13(18)19;1-5-4-6-2-3-7-5/h1-3,7,13H,4-6H2,(H,20,21,22);5-6H,2-4H2,1H3. The quantitative estimate of drug-likeness (QED) is 0.530. The van der Waals surface area contributed by atoms with E-state index >= 15 is 0 Å². The molecule has 2 aliphatic rings. The second kappa shape index (κ2) is 10.7. The molecule has 1 fully saturated rings. The summed E-state index contributed by atoms with van der Waals surface area (Å²) in [6, 6.07) is 3.83. The summed E-state index contributed by atoms with van der Waals surface area (Å²) in [5.74, 6) is -0.595. The van der Waals surface area contributed by atoms with Gasteiger partial charge in [0.15, 0.2) is 0 Å². The first kappa shape index (κ1) is 23.2. The number of carbonyl (C=O) groups is 1. The third-order valence-electron chi connectivity index (χ3n) is 4.83. The Balaban J connectivity index is 0.000000330. The molecule has 0 saturated carbocycles. The van der Waals surface area contributed by atoms with Crippen molar-refractivity contribution in [1.82, 2.24) is 20.2 Å². The Bertz CT molecular complexity index is 913. The van der Waals surface area contributed by atoms with Crippen molar-refractivity contribution in [3.8, 4) is 0 Å². The second-order valence-electron chi connectivity index (χ2n) is 7.14. The Morgan fingerprint density at radius 2 is 2.19 bits per heavy atom. The highest BCUT2D eigenvalue weighted by atomic mass is 35.5. The minimum atomic E-state index is -2.89. The van der Waals surface area contributed by atoms with Crippen LogP contribution < -0.4 is 10.6 Å². The average molecular weight is 458 g/mol. The Labute approximate surface area is 183 Å². The largest absolute Gasteiger partial charge is 0.376 e. The molecule has 2 aliphatic heterocycles. The fourth-order valence-electron chi connectivity index (χ4n) is 3.25. The van der Waals surface area contributed by atoms with Gasteiger partial charge in [0.2, 0.25) is 11.7 Å². The van der Waals surface area contributed by atoms with Crippen LogP contribution in [-0.4, -0.2) is 47.1 Å². The number of hydrogen-bond donors (Lipinski definition) is 2. The zero-order valence-corrected chi connectivity index (χ0v) is 17.6. The Hall–Kier alpha value is -2.43. The fourth-order valence-corrected chi connectivity index (χ4v) is 3.44. The molecule has 0 spiro atoms. The van der Waals surface area contributed by atoms with E-state index < -0.39 is 17.8 Å². The summed E-state index contributed by atoms with van der Waals surface area (Å²) >= 11 is 5.86. The van der Waals surface area contributed by atoms with Gasteiger partial charge in [-0.05, 0) is 18.5 Å². The molecule has 4 rings (SSSR count). The fraction of sp³-hybridized carbons (Fsp3) is 0.450. The van der Waals surface area contributed by atoms with Crippen LogP contribution in [0.1, 0.15) is 35.7 Å². The highest BCUT2D eigenvalue weighted by Crippen LogP contribution is 2.28. The van der Waals surface area contributed by atoms with Gasteiger partial charge in [-0.3, -0.25) is 4.79 Å². The lowest BCUT2D eigenvalue weighted by atomic mass is 10.1. The molecule has 168 valence electrons. The number of rotatable bonds is 5. The number of nitrogens with zero attached hydrogens (tertiary/aromatic N) is 3. The topological polar surface area (TPSA) is 79.4 Å². The lowest BCUT2D eigenvalue weighted by Crippen LogP contribution is -2.36. The predicted molar refractivity (Wildman–Crippen MR) is 109 cm³/mol. The number of fused-ring (bicyclic) bond motifs is 1. The third kappa shape index (κ3) is 6.05. The lowest BCUT2D eigenvalue weighted by molar-refractivity contribution is -0.118. The van der Waals surface area contributed by atoms with E-state index in [9.17, 15) is 18.0 Å². The Morgan fingerprint density at radius 3 is 2.81 bits per heavy atom. The molecule has 2 N–H and O–H groups in total. The van der Waals surface area contributed by atoms with E-state index in [0.29, 0.717) is 42.7 Å². The van der Waals surface area contributed by atoms with E-state index in [4.69, 9.17) is 16.3 Å². The first-order chi connectivity index (χ1) is 14.9. The zero-order chi connectivity index (χ0) is 22.4. The van der Waals surface area contributed by atoms with E-state index in [1.54, 1.807) is 0 Å². The zero-order valence-electron chi connectivity index (χ0n) is 16.9. The number of ether oxygens (including phenoxy) is 1. The maximum absolute atomic E-state index is 14.1. The first-order valence-corrected chi connectivity index (χ1v) is 10.1. The van der Waals surface area contributed by atoms with Crippen LogP contribution in [0.2, 0.25) is 5.28 Å². The SMILES string of the molecule is CC1CNCCO1.O=CN1Cc2nc(Cl)nc(NCc3cccc(C(F)F)c3F)c2C1. The first-order valence-electron chi connectivity index (χ1n) is 9.75. The molecule has 31 heavy (non-hydrogen) atoms. The normalized spacial score (nSPS) is 17.7. The molecule has 1 atom stereocenters. The van der Waals surface area contributed by atoms with Gasteiger partial charge in [0.05, 0.1) is 37.1 Å². The number of carbonyl (C=O) groups excluding carboxylic acids is 1. The number of aromatic nitrogens is 2. The molecule has 0 radical (unpaired) electrons. The number of amides is 1. The van der Waals surface area contributed by atoms with Crippen molar-refractivity contribution in [3.63, 3.8) is 0 Å². The van der Waals surface area contributed by atoms with Gasteiger partial charge in [-0.15, -0.1) is 0 Å². The molecule has 1 aromatic heterocycles. The number of benzene rings is 1. The van der Waals surface area contributed by atoms with Crippen molar-refractivity contribution in [2.75, 3.05) is 25.0 Å².